The Balaban J connectivity index is 1.64. The minimum atomic E-state index is 0.601. The van der Waals surface area contributed by atoms with Crippen molar-refractivity contribution < 1.29 is 0 Å². The van der Waals surface area contributed by atoms with Gasteiger partial charge >= 0.3 is 0 Å². The summed E-state index contributed by atoms with van der Waals surface area (Å²) in [4.78, 5) is 9.36. The standard InChI is InChI=1S/C15H24N4/c1-12-11-19(8-7-18(12)2)15-9-13(5-6-16-15)10-17-14-3-4-14/h5-6,9,12,14,17H,3-4,7-8,10-11H2,1-2H3. The number of hydrogen-bond acceptors (Lipinski definition) is 4. The van der Waals surface area contributed by atoms with Gasteiger partial charge in [-0.2, -0.15) is 0 Å². The number of hydrogen-bond donors (Lipinski definition) is 1. The molecule has 2 aliphatic rings. The van der Waals surface area contributed by atoms with Gasteiger partial charge in [-0.05, 0) is 44.5 Å². The van der Waals surface area contributed by atoms with Crippen LogP contribution in [0.2, 0.25) is 0 Å². The number of pyridine rings is 1. The van der Waals surface area contributed by atoms with E-state index >= 15 is 0 Å². The third-order valence-corrected chi connectivity index (χ3v) is 4.27. The number of rotatable bonds is 4. The highest BCUT2D eigenvalue weighted by atomic mass is 15.3. The summed E-state index contributed by atoms with van der Waals surface area (Å²) < 4.78 is 0. The van der Waals surface area contributed by atoms with Gasteiger partial charge in [-0.3, -0.25) is 0 Å². The van der Waals surface area contributed by atoms with Gasteiger partial charge in [0.2, 0.25) is 0 Å². The maximum Gasteiger partial charge on any atom is 0.128 e. The van der Waals surface area contributed by atoms with Gasteiger partial charge < -0.3 is 15.1 Å². The van der Waals surface area contributed by atoms with Crippen molar-refractivity contribution in [1.82, 2.24) is 15.2 Å². The summed E-state index contributed by atoms with van der Waals surface area (Å²) in [5, 5.41) is 3.56. The van der Waals surface area contributed by atoms with Crippen LogP contribution in [0.25, 0.3) is 0 Å². The molecule has 4 heteroatoms. The SMILES string of the molecule is CC1CN(c2cc(CNC3CC3)ccn2)CCN1C. The first-order valence-corrected chi connectivity index (χ1v) is 7.36. The van der Waals surface area contributed by atoms with Gasteiger partial charge in [0.15, 0.2) is 0 Å². The van der Waals surface area contributed by atoms with Crippen molar-refractivity contribution in [2.45, 2.75) is 38.4 Å². The fourth-order valence-corrected chi connectivity index (χ4v) is 2.55. The molecule has 0 aromatic carbocycles. The van der Waals surface area contributed by atoms with E-state index in [4.69, 9.17) is 0 Å². The van der Waals surface area contributed by atoms with Crippen LogP contribution in [0.3, 0.4) is 0 Å². The van der Waals surface area contributed by atoms with E-state index in [0.29, 0.717) is 6.04 Å². The third kappa shape index (κ3) is 3.25. The van der Waals surface area contributed by atoms with E-state index in [-0.39, 0.29) is 0 Å². The Morgan fingerprint density at radius 1 is 1.37 bits per heavy atom. The lowest BCUT2D eigenvalue weighted by Crippen LogP contribution is -2.50. The molecule has 1 atom stereocenters. The molecule has 1 aromatic heterocycles. The minimum absolute atomic E-state index is 0.601. The lowest BCUT2D eigenvalue weighted by Gasteiger charge is -2.38. The summed E-state index contributed by atoms with van der Waals surface area (Å²) in [7, 11) is 2.20. The molecule has 1 saturated heterocycles. The number of piperazine rings is 1. The molecule has 19 heavy (non-hydrogen) atoms. The molecule has 1 unspecified atom stereocenters. The summed E-state index contributed by atoms with van der Waals surface area (Å²) in [5.74, 6) is 1.13. The molecule has 1 saturated carbocycles. The van der Waals surface area contributed by atoms with Crippen molar-refractivity contribution in [3.8, 4) is 0 Å². The molecular weight excluding hydrogens is 236 g/mol. The van der Waals surface area contributed by atoms with Crippen LogP contribution < -0.4 is 10.2 Å². The zero-order valence-corrected chi connectivity index (χ0v) is 12.0. The van der Waals surface area contributed by atoms with E-state index in [1.54, 1.807) is 0 Å². The summed E-state index contributed by atoms with van der Waals surface area (Å²) in [6.07, 6.45) is 4.63. The van der Waals surface area contributed by atoms with E-state index < -0.39 is 0 Å². The monoisotopic (exact) mass is 260 g/mol. The van der Waals surface area contributed by atoms with E-state index in [9.17, 15) is 0 Å². The van der Waals surface area contributed by atoms with Crippen LogP contribution in [0.5, 0.6) is 0 Å². The van der Waals surface area contributed by atoms with Gasteiger partial charge in [0.05, 0.1) is 0 Å². The van der Waals surface area contributed by atoms with E-state index in [0.717, 1.165) is 38.0 Å². The first-order valence-electron chi connectivity index (χ1n) is 7.36. The van der Waals surface area contributed by atoms with E-state index in [2.05, 4.69) is 46.2 Å². The molecule has 1 N–H and O–H groups in total. The molecule has 1 aliphatic heterocycles. The first-order chi connectivity index (χ1) is 9.22. The predicted octanol–water partition coefficient (Wildman–Crippen LogP) is 1.47. The lowest BCUT2D eigenvalue weighted by molar-refractivity contribution is 0.233. The molecule has 2 fully saturated rings. The van der Waals surface area contributed by atoms with Crippen LogP contribution in [0.4, 0.5) is 5.82 Å². The summed E-state index contributed by atoms with van der Waals surface area (Å²) in [5.41, 5.74) is 1.35. The molecule has 0 spiro atoms. The number of likely N-dealkylation sites (N-methyl/N-ethyl adjacent to an activating group) is 1. The average Bonchev–Trinajstić information content (AvgIpc) is 3.24. The number of anilines is 1. The molecule has 1 aliphatic carbocycles. The molecule has 0 bridgehead atoms. The second kappa shape index (κ2) is 5.47. The highest BCUT2D eigenvalue weighted by molar-refractivity contribution is 5.41. The second-order valence-corrected chi connectivity index (χ2v) is 5.95. The van der Waals surface area contributed by atoms with Gasteiger partial charge in [-0.15, -0.1) is 0 Å². The highest BCUT2D eigenvalue weighted by Gasteiger charge is 2.22. The molecule has 2 heterocycles. The Kier molecular flexibility index (Phi) is 3.71. The van der Waals surface area contributed by atoms with Crippen molar-refractivity contribution in [2.24, 2.45) is 0 Å². The van der Waals surface area contributed by atoms with Crippen LogP contribution in [-0.4, -0.2) is 48.6 Å². The smallest absolute Gasteiger partial charge is 0.128 e. The Morgan fingerprint density at radius 2 is 2.21 bits per heavy atom. The van der Waals surface area contributed by atoms with Crippen LogP contribution in [0.15, 0.2) is 18.3 Å². The van der Waals surface area contributed by atoms with Crippen LogP contribution in [0.1, 0.15) is 25.3 Å². The van der Waals surface area contributed by atoms with Crippen molar-refractivity contribution in [2.75, 3.05) is 31.6 Å². The number of aromatic nitrogens is 1. The predicted molar refractivity (Wildman–Crippen MR) is 78.4 cm³/mol. The molecule has 104 valence electrons. The highest BCUT2D eigenvalue weighted by Crippen LogP contribution is 2.21. The van der Waals surface area contributed by atoms with Crippen LogP contribution in [0, 0.1) is 0 Å². The average molecular weight is 260 g/mol. The Labute approximate surface area is 115 Å². The fraction of sp³-hybridized carbons (Fsp3) is 0.667. The molecule has 0 amide bonds. The molecule has 0 radical (unpaired) electrons. The van der Waals surface area contributed by atoms with Crippen LogP contribution >= 0.6 is 0 Å². The molecule has 1 aromatic rings. The molecular formula is C15H24N4. The quantitative estimate of drug-likeness (QED) is 0.888. The Morgan fingerprint density at radius 3 is 2.95 bits per heavy atom. The third-order valence-electron chi connectivity index (χ3n) is 4.27. The topological polar surface area (TPSA) is 31.4 Å². The number of nitrogens with zero attached hydrogens (tertiary/aromatic N) is 3. The van der Waals surface area contributed by atoms with Gasteiger partial charge in [-0.25, -0.2) is 4.98 Å². The van der Waals surface area contributed by atoms with Crippen molar-refractivity contribution in [1.29, 1.82) is 0 Å². The van der Waals surface area contributed by atoms with Crippen molar-refractivity contribution in [3.63, 3.8) is 0 Å². The number of nitrogens with one attached hydrogen (secondary N) is 1. The van der Waals surface area contributed by atoms with Gasteiger partial charge in [0, 0.05) is 44.5 Å². The van der Waals surface area contributed by atoms with Gasteiger partial charge in [0.25, 0.3) is 0 Å². The van der Waals surface area contributed by atoms with E-state index in [1.165, 1.54) is 18.4 Å². The van der Waals surface area contributed by atoms with Crippen LogP contribution in [-0.2, 0) is 6.54 Å². The zero-order chi connectivity index (χ0) is 13.2. The zero-order valence-electron chi connectivity index (χ0n) is 12.0. The maximum absolute atomic E-state index is 4.54. The first kappa shape index (κ1) is 12.9. The minimum Gasteiger partial charge on any atom is -0.354 e. The van der Waals surface area contributed by atoms with Crippen molar-refractivity contribution in [3.05, 3.63) is 23.9 Å². The van der Waals surface area contributed by atoms with Gasteiger partial charge in [-0.1, -0.05) is 0 Å². The Bertz CT molecular complexity index is 430. The normalized spacial score (nSPS) is 24.7. The van der Waals surface area contributed by atoms with Crippen molar-refractivity contribution >= 4 is 5.82 Å². The largest absolute Gasteiger partial charge is 0.354 e. The Hall–Kier alpha value is -1.13. The summed E-state index contributed by atoms with van der Waals surface area (Å²) in [6.45, 7) is 6.53. The molecule has 4 nitrogen and oxygen atoms in total. The fourth-order valence-electron chi connectivity index (χ4n) is 2.55. The summed E-state index contributed by atoms with van der Waals surface area (Å²) in [6, 6.07) is 5.73. The maximum atomic E-state index is 4.54. The van der Waals surface area contributed by atoms with E-state index in [1.807, 2.05) is 6.20 Å². The lowest BCUT2D eigenvalue weighted by atomic mass is 10.2. The molecule has 3 rings (SSSR count). The van der Waals surface area contributed by atoms with Gasteiger partial charge in [0.1, 0.15) is 5.82 Å². The summed E-state index contributed by atoms with van der Waals surface area (Å²) >= 11 is 0. The second-order valence-electron chi connectivity index (χ2n) is 5.95.